The molecule has 0 spiro atoms. The highest BCUT2D eigenvalue weighted by molar-refractivity contribution is 5.79. The van der Waals surface area contributed by atoms with Crippen LogP contribution in [0.5, 0.6) is 0 Å². The Balaban J connectivity index is 4.55. The first kappa shape index (κ1) is 10.9. The van der Waals surface area contributed by atoms with Crippen LogP contribution in [-0.2, 0) is 4.79 Å². The predicted molar refractivity (Wildman–Crippen MR) is 53.0 cm³/mol. The summed E-state index contributed by atoms with van der Waals surface area (Å²) in [4.78, 5) is 10.8. The maximum Gasteiger partial charge on any atom is 0.134 e. The Morgan fingerprint density at radius 1 is 1.25 bits per heavy atom. The zero-order valence-electron chi connectivity index (χ0n) is 8.11. The number of allylic oxidation sites excluding steroid dienone is 4. The van der Waals surface area contributed by atoms with Gasteiger partial charge in [-0.05, 0) is 26.3 Å². The van der Waals surface area contributed by atoms with Crippen LogP contribution in [0.3, 0.4) is 0 Å². The van der Waals surface area contributed by atoms with Gasteiger partial charge in [-0.2, -0.15) is 0 Å². The molecule has 0 saturated heterocycles. The molecule has 0 aliphatic carbocycles. The van der Waals surface area contributed by atoms with E-state index in [1.807, 2.05) is 19.9 Å². The first-order chi connectivity index (χ1) is 5.43. The molecule has 0 N–H and O–H groups in total. The van der Waals surface area contributed by atoms with E-state index in [0.29, 0.717) is 6.42 Å². The topological polar surface area (TPSA) is 17.1 Å². The van der Waals surface area contributed by atoms with E-state index in [4.69, 9.17) is 0 Å². The van der Waals surface area contributed by atoms with Crippen molar-refractivity contribution in [1.29, 1.82) is 0 Å². The van der Waals surface area contributed by atoms with Crippen molar-refractivity contribution in [2.75, 3.05) is 0 Å². The Labute approximate surface area is 74.5 Å². The first-order valence-electron chi connectivity index (χ1n) is 3.95. The molecule has 0 aliphatic heterocycles. The Hall–Kier alpha value is -1.11. The fourth-order valence-electron chi connectivity index (χ4n) is 0.891. The molecule has 0 rings (SSSR count). The third-order valence-electron chi connectivity index (χ3n) is 1.41. The lowest BCUT2D eigenvalue weighted by atomic mass is 10.0. The van der Waals surface area contributed by atoms with Gasteiger partial charge in [-0.1, -0.05) is 30.4 Å². The van der Waals surface area contributed by atoms with Gasteiger partial charge in [0.15, 0.2) is 0 Å². The maximum absolute atomic E-state index is 10.8. The standard InChI is InChI=1S/C11H16O/c1-8(2)6-11(9(3)4)7-10(5)12/h6H,1,3,7H2,2,4-5H3/b11-6-. The molecule has 0 amide bonds. The van der Waals surface area contributed by atoms with Gasteiger partial charge in [0.2, 0.25) is 0 Å². The summed E-state index contributed by atoms with van der Waals surface area (Å²) in [5, 5.41) is 0. The van der Waals surface area contributed by atoms with Crippen molar-refractivity contribution in [1.82, 2.24) is 0 Å². The fourth-order valence-corrected chi connectivity index (χ4v) is 0.891. The molecular weight excluding hydrogens is 148 g/mol. The molecule has 0 aromatic carbocycles. The minimum absolute atomic E-state index is 0.158. The maximum atomic E-state index is 10.8. The van der Waals surface area contributed by atoms with Crippen molar-refractivity contribution in [2.45, 2.75) is 27.2 Å². The monoisotopic (exact) mass is 164 g/mol. The fraction of sp³-hybridized carbons (Fsp3) is 0.364. The highest BCUT2D eigenvalue weighted by Crippen LogP contribution is 2.14. The third-order valence-corrected chi connectivity index (χ3v) is 1.41. The number of rotatable bonds is 4. The van der Waals surface area contributed by atoms with E-state index in [2.05, 4.69) is 13.2 Å². The van der Waals surface area contributed by atoms with Crippen LogP contribution in [-0.4, -0.2) is 5.78 Å². The normalized spacial score (nSPS) is 11.1. The van der Waals surface area contributed by atoms with Crippen LogP contribution in [0.15, 0.2) is 36.0 Å². The number of carbonyl (C=O) groups excluding carboxylic acids is 1. The summed E-state index contributed by atoms with van der Waals surface area (Å²) in [6.45, 7) is 12.9. The smallest absolute Gasteiger partial charge is 0.134 e. The lowest BCUT2D eigenvalue weighted by molar-refractivity contribution is -0.116. The van der Waals surface area contributed by atoms with Gasteiger partial charge in [-0.25, -0.2) is 0 Å². The van der Waals surface area contributed by atoms with Gasteiger partial charge >= 0.3 is 0 Å². The minimum atomic E-state index is 0.158. The van der Waals surface area contributed by atoms with Crippen LogP contribution in [0.4, 0.5) is 0 Å². The Kier molecular flexibility index (Phi) is 4.27. The Morgan fingerprint density at radius 3 is 2.00 bits per heavy atom. The summed E-state index contributed by atoms with van der Waals surface area (Å²) >= 11 is 0. The van der Waals surface area contributed by atoms with Crippen molar-refractivity contribution in [3.05, 3.63) is 36.0 Å². The lowest BCUT2D eigenvalue weighted by Gasteiger charge is -2.03. The molecule has 0 heterocycles. The molecule has 0 aromatic heterocycles. The zero-order chi connectivity index (χ0) is 9.72. The second kappa shape index (κ2) is 4.70. The van der Waals surface area contributed by atoms with E-state index in [1.165, 1.54) is 0 Å². The van der Waals surface area contributed by atoms with E-state index in [9.17, 15) is 4.79 Å². The molecular formula is C11H16O. The van der Waals surface area contributed by atoms with Crippen LogP contribution >= 0.6 is 0 Å². The molecule has 0 saturated carbocycles. The third kappa shape index (κ3) is 4.67. The molecule has 0 atom stereocenters. The molecule has 0 fully saturated rings. The highest BCUT2D eigenvalue weighted by Gasteiger charge is 2.01. The quantitative estimate of drug-likeness (QED) is 0.584. The molecule has 0 aromatic rings. The van der Waals surface area contributed by atoms with Crippen molar-refractivity contribution >= 4 is 5.78 Å². The number of hydrogen-bond acceptors (Lipinski definition) is 1. The van der Waals surface area contributed by atoms with Crippen molar-refractivity contribution in [2.24, 2.45) is 0 Å². The van der Waals surface area contributed by atoms with Gasteiger partial charge in [0.1, 0.15) is 5.78 Å². The molecule has 0 aliphatic rings. The molecule has 0 bridgehead atoms. The van der Waals surface area contributed by atoms with E-state index in [-0.39, 0.29) is 5.78 Å². The molecule has 66 valence electrons. The van der Waals surface area contributed by atoms with E-state index in [1.54, 1.807) is 6.92 Å². The number of ketones is 1. The van der Waals surface area contributed by atoms with Crippen LogP contribution in [0.2, 0.25) is 0 Å². The van der Waals surface area contributed by atoms with Crippen molar-refractivity contribution < 1.29 is 4.79 Å². The van der Waals surface area contributed by atoms with Gasteiger partial charge in [0.25, 0.3) is 0 Å². The number of Topliss-reactive ketones (excluding diaryl/α,β-unsaturated/α-hetero) is 1. The average Bonchev–Trinajstić information content (AvgIpc) is 1.83. The SMILES string of the molecule is C=C(C)/C=C(/CC(C)=O)C(=C)C. The Morgan fingerprint density at radius 2 is 1.75 bits per heavy atom. The molecule has 0 unspecified atom stereocenters. The van der Waals surface area contributed by atoms with Crippen LogP contribution in [0.25, 0.3) is 0 Å². The van der Waals surface area contributed by atoms with E-state index < -0.39 is 0 Å². The van der Waals surface area contributed by atoms with Gasteiger partial charge in [0, 0.05) is 6.42 Å². The predicted octanol–water partition coefficient (Wildman–Crippen LogP) is 3.04. The van der Waals surface area contributed by atoms with Gasteiger partial charge < -0.3 is 0 Å². The molecule has 12 heavy (non-hydrogen) atoms. The summed E-state index contributed by atoms with van der Waals surface area (Å²) in [5.41, 5.74) is 2.87. The first-order valence-corrected chi connectivity index (χ1v) is 3.95. The zero-order valence-corrected chi connectivity index (χ0v) is 8.11. The molecule has 1 heteroatoms. The van der Waals surface area contributed by atoms with Gasteiger partial charge in [0.05, 0.1) is 0 Å². The summed E-state index contributed by atoms with van der Waals surface area (Å²) in [6, 6.07) is 0. The largest absolute Gasteiger partial charge is 0.300 e. The van der Waals surface area contributed by atoms with Crippen molar-refractivity contribution in [3.63, 3.8) is 0 Å². The van der Waals surface area contributed by atoms with Gasteiger partial charge in [-0.15, -0.1) is 0 Å². The second-order valence-electron chi connectivity index (χ2n) is 3.18. The average molecular weight is 164 g/mol. The Bertz CT molecular complexity index is 244. The summed E-state index contributed by atoms with van der Waals surface area (Å²) in [7, 11) is 0. The van der Waals surface area contributed by atoms with Crippen LogP contribution in [0, 0.1) is 0 Å². The minimum Gasteiger partial charge on any atom is -0.300 e. The number of carbonyl (C=O) groups is 1. The summed E-state index contributed by atoms with van der Waals surface area (Å²) in [5.74, 6) is 0.158. The van der Waals surface area contributed by atoms with Gasteiger partial charge in [-0.3, -0.25) is 4.79 Å². The van der Waals surface area contributed by atoms with E-state index in [0.717, 1.165) is 16.7 Å². The number of hydrogen-bond donors (Lipinski definition) is 0. The summed E-state index contributed by atoms with van der Waals surface area (Å²) < 4.78 is 0. The summed E-state index contributed by atoms with van der Waals surface area (Å²) in [6.07, 6.45) is 2.37. The van der Waals surface area contributed by atoms with E-state index >= 15 is 0 Å². The molecule has 1 nitrogen and oxygen atoms in total. The lowest BCUT2D eigenvalue weighted by Crippen LogP contribution is -1.94. The van der Waals surface area contributed by atoms with Crippen molar-refractivity contribution in [3.8, 4) is 0 Å². The molecule has 0 radical (unpaired) electrons. The second-order valence-corrected chi connectivity index (χ2v) is 3.18. The van der Waals surface area contributed by atoms with Crippen LogP contribution in [0.1, 0.15) is 27.2 Å². The highest BCUT2D eigenvalue weighted by atomic mass is 16.1. The van der Waals surface area contributed by atoms with Crippen LogP contribution < -0.4 is 0 Å².